The van der Waals surface area contributed by atoms with Gasteiger partial charge >= 0.3 is 0 Å². The van der Waals surface area contributed by atoms with Crippen molar-refractivity contribution in [3.8, 4) is 0 Å². The average Bonchev–Trinajstić information content (AvgIpc) is 2.37. The van der Waals surface area contributed by atoms with Crippen LogP contribution in [-0.2, 0) is 10.0 Å². The monoisotopic (exact) mass is 325 g/mol. The van der Waals surface area contributed by atoms with Crippen LogP contribution >= 0.6 is 11.6 Å². The molecule has 2 aromatic rings. The van der Waals surface area contributed by atoms with E-state index in [0.717, 1.165) is 0 Å². The number of sulfonamides is 1. The van der Waals surface area contributed by atoms with Gasteiger partial charge in [-0.1, -0.05) is 11.6 Å². The SMILES string of the molecule is Nc1cc(Cl)cc(C(=O)Nc2ccc(S(N)(=O)=O)cc2)c1. The van der Waals surface area contributed by atoms with Gasteiger partial charge in [0.2, 0.25) is 10.0 Å². The summed E-state index contributed by atoms with van der Waals surface area (Å²) in [6.07, 6.45) is 0. The largest absolute Gasteiger partial charge is 0.399 e. The summed E-state index contributed by atoms with van der Waals surface area (Å²) in [5, 5.41) is 7.94. The van der Waals surface area contributed by atoms with Crippen LogP contribution in [0.3, 0.4) is 0 Å². The molecule has 2 rings (SSSR count). The molecule has 0 aliphatic carbocycles. The topological polar surface area (TPSA) is 115 Å². The number of halogens is 1. The molecule has 0 heterocycles. The summed E-state index contributed by atoms with van der Waals surface area (Å²) in [4.78, 5) is 12.0. The van der Waals surface area contributed by atoms with E-state index in [0.29, 0.717) is 22.0 Å². The lowest BCUT2D eigenvalue weighted by Crippen LogP contribution is -2.14. The van der Waals surface area contributed by atoms with Crippen LogP contribution in [0.2, 0.25) is 5.02 Å². The maximum atomic E-state index is 12.0. The second-order valence-electron chi connectivity index (χ2n) is 4.30. The number of carbonyl (C=O) groups excluding carboxylic acids is 1. The first kappa shape index (κ1) is 15.3. The van der Waals surface area contributed by atoms with E-state index in [9.17, 15) is 13.2 Å². The maximum absolute atomic E-state index is 12.0. The Morgan fingerprint density at radius 3 is 2.24 bits per heavy atom. The van der Waals surface area contributed by atoms with Crippen molar-refractivity contribution in [2.45, 2.75) is 4.90 Å². The van der Waals surface area contributed by atoms with Gasteiger partial charge in [-0.25, -0.2) is 13.6 Å². The number of primary sulfonamides is 1. The lowest BCUT2D eigenvalue weighted by atomic mass is 10.2. The molecule has 0 radical (unpaired) electrons. The predicted octanol–water partition coefficient (Wildman–Crippen LogP) is 1.82. The van der Waals surface area contributed by atoms with E-state index in [1.807, 2.05) is 0 Å². The molecule has 0 saturated carbocycles. The number of amides is 1. The van der Waals surface area contributed by atoms with E-state index in [1.54, 1.807) is 0 Å². The van der Waals surface area contributed by atoms with E-state index >= 15 is 0 Å². The number of nitrogens with one attached hydrogen (secondary N) is 1. The lowest BCUT2D eigenvalue weighted by molar-refractivity contribution is 0.102. The Bertz CT molecular complexity index is 769. The third-order valence-corrected chi connectivity index (χ3v) is 3.77. The molecule has 0 aliphatic heterocycles. The van der Waals surface area contributed by atoms with E-state index in [1.165, 1.54) is 42.5 Å². The van der Waals surface area contributed by atoms with E-state index in [4.69, 9.17) is 22.5 Å². The van der Waals surface area contributed by atoms with Crippen molar-refractivity contribution in [1.29, 1.82) is 0 Å². The molecule has 0 saturated heterocycles. The zero-order valence-electron chi connectivity index (χ0n) is 10.7. The number of anilines is 2. The van der Waals surface area contributed by atoms with Crippen molar-refractivity contribution < 1.29 is 13.2 Å². The average molecular weight is 326 g/mol. The quantitative estimate of drug-likeness (QED) is 0.746. The van der Waals surface area contributed by atoms with Crippen molar-refractivity contribution in [3.63, 3.8) is 0 Å². The van der Waals surface area contributed by atoms with Crippen molar-refractivity contribution in [2.75, 3.05) is 11.1 Å². The summed E-state index contributed by atoms with van der Waals surface area (Å²) >= 11 is 5.83. The molecule has 0 bridgehead atoms. The molecule has 0 spiro atoms. The van der Waals surface area contributed by atoms with Gasteiger partial charge in [0, 0.05) is 22.0 Å². The van der Waals surface area contributed by atoms with Gasteiger partial charge in [0.05, 0.1) is 4.90 Å². The van der Waals surface area contributed by atoms with Crippen molar-refractivity contribution in [2.24, 2.45) is 5.14 Å². The van der Waals surface area contributed by atoms with Gasteiger partial charge in [-0.3, -0.25) is 4.79 Å². The number of nitrogens with two attached hydrogens (primary N) is 2. The zero-order valence-corrected chi connectivity index (χ0v) is 12.3. The molecule has 1 amide bonds. The molecule has 0 fully saturated rings. The Morgan fingerprint density at radius 2 is 1.71 bits per heavy atom. The first-order valence-electron chi connectivity index (χ1n) is 5.76. The molecular weight excluding hydrogens is 314 g/mol. The Kier molecular flexibility index (Phi) is 4.17. The van der Waals surface area contributed by atoms with Crippen LogP contribution in [0.15, 0.2) is 47.4 Å². The summed E-state index contributed by atoms with van der Waals surface area (Å²) in [7, 11) is -3.76. The van der Waals surface area contributed by atoms with Crippen LogP contribution < -0.4 is 16.2 Å². The Balaban J connectivity index is 2.20. The standard InChI is InChI=1S/C13H12ClN3O3S/c14-9-5-8(6-10(15)7-9)13(18)17-11-1-3-12(4-2-11)21(16,19)20/h1-7H,15H2,(H,17,18)(H2,16,19,20). The zero-order chi connectivity index (χ0) is 15.6. The number of hydrogen-bond donors (Lipinski definition) is 3. The third-order valence-electron chi connectivity index (χ3n) is 2.62. The molecule has 6 nitrogen and oxygen atoms in total. The number of benzene rings is 2. The molecular formula is C13H12ClN3O3S. The van der Waals surface area contributed by atoms with Crippen LogP contribution in [0.25, 0.3) is 0 Å². The maximum Gasteiger partial charge on any atom is 0.255 e. The molecule has 0 unspecified atom stereocenters. The van der Waals surface area contributed by atoms with Crippen molar-refractivity contribution in [3.05, 3.63) is 53.1 Å². The third kappa shape index (κ3) is 3.94. The molecule has 2 aromatic carbocycles. The highest BCUT2D eigenvalue weighted by molar-refractivity contribution is 7.89. The smallest absolute Gasteiger partial charge is 0.255 e. The molecule has 5 N–H and O–H groups in total. The summed E-state index contributed by atoms with van der Waals surface area (Å²) in [6.45, 7) is 0. The first-order valence-corrected chi connectivity index (χ1v) is 7.68. The molecule has 8 heteroatoms. The second kappa shape index (κ2) is 5.72. The first-order chi connectivity index (χ1) is 9.75. The number of carbonyl (C=O) groups is 1. The van der Waals surface area contributed by atoms with Crippen molar-refractivity contribution >= 4 is 38.9 Å². The predicted molar refractivity (Wildman–Crippen MR) is 81.6 cm³/mol. The van der Waals surface area contributed by atoms with Crippen LogP contribution in [0.4, 0.5) is 11.4 Å². The van der Waals surface area contributed by atoms with Gasteiger partial charge in [0.1, 0.15) is 0 Å². The van der Waals surface area contributed by atoms with Crippen LogP contribution in [-0.4, -0.2) is 14.3 Å². The summed E-state index contributed by atoms with van der Waals surface area (Å²) in [5.74, 6) is -0.410. The van der Waals surface area contributed by atoms with Crippen LogP contribution in [0, 0.1) is 0 Å². The molecule has 21 heavy (non-hydrogen) atoms. The fourth-order valence-electron chi connectivity index (χ4n) is 1.67. The van der Waals surface area contributed by atoms with E-state index in [-0.39, 0.29) is 4.90 Å². The Hall–Kier alpha value is -2.09. The Morgan fingerprint density at radius 1 is 1.10 bits per heavy atom. The van der Waals surface area contributed by atoms with Gasteiger partial charge in [0.25, 0.3) is 5.91 Å². The van der Waals surface area contributed by atoms with Gasteiger partial charge in [-0.2, -0.15) is 0 Å². The molecule has 0 atom stereocenters. The van der Waals surface area contributed by atoms with E-state index in [2.05, 4.69) is 5.32 Å². The minimum absolute atomic E-state index is 0.0347. The van der Waals surface area contributed by atoms with Gasteiger partial charge in [-0.15, -0.1) is 0 Å². The summed E-state index contributed by atoms with van der Waals surface area (Å²) < 4.78 is 22.2. The fraction of sp³-hybridized carbons (Fsp3) is 0. The molecule has 0 aromatic heterocycles. The molecule has 110 valence electrons. The van der Waals surface area contributed by atoms with Crippen molar-refractivity contribution in [1.82, 2.24) is 0 Å². The highest BCUT2D eigenvalue weighted by atomic mass is 35.5. The van der Waals surface area contributed by atoms with E-state index < -0.39 is 15.9 Å². The minimum Gasteiger partial charge on any atom is -0.399 e. The van der Waals surface area contributed by atoms with Gasteiger partial charge in [0.15, 0.2) is 0 Å². The fourth-order valence-corrected chi connectivity index (χ4v) is 2.43. The number of nitrogen functional groups attached to an aromatic ring is 1. The highest BCUT2D eigenvalue weighted by Gasteiger charge is 2.10. The minimum atomic E-state index is -3.76. The number of hydrogen-bond acceptors (Lipinski definition) is 4. The second-order valence-corrected chi connectivity index (χ2v) is 6.29. The van der Waals surface area contributed by atoms with Gasteiger partial charge in [-0.05, 0) is 42.5 Å². The summed E-state index contributed by atoms with van der Waals surface area (Å²) in [5.41, 5.74) is 6.71. The van der Waals surface area contributed by atoms with Crippen LogP contribution in [0.5, 0.6) is 0 Å². The lowest BCUT2D eigenvalue weighted by Gasteiger charge is -2.07. The normalized spacial score (nSPS) is 11.1. The highest BCUT2D eigenvalue weighted by Crippen LogP contribution is 2.18. The molecule has 0 aliphatic rings. The number of rotatable bonds is 3. The Labute approximate surface area is 126 Å². The van der Waals surface area contributed by atoms with Crippen LogP contribution in [0.1, 0.15) is 10.4 Å². The van der Waals surface area contributed by atoms with Gasteiger partial charge < -0.3 is 11.1 Å². The summed E-state index contributed by atoms with van der Waals surface area (Å²) in [6, 6.07) is 9.97.